The Morgan fingerprint density at radius 3 is 2.73 bits per heavy atom. The van der Waals surface area contributed by atoms with Crippen molar-refractivity contribution < 1.29 is 9.72 Å². The van der Waals surface area contributed by atoms with Crippen LogP contribution in [0.4, 0.5) is 11.4 Å². The van der Waals surface area contributed by atoms with Gasteiger partial charge in [-0.2, -0.15) is 0 Å². The van der Waals surface area contributed by atoms with E-state index in [1.165, 1.54) is 17.1 Å². The number of anilines is 1. The summed E-state index contributed by atoms with van der Waals surface area (Å²) in [4.78, 5) is 21.0. The fraction of sp³-hybridized carbons (Fsp3) is 0.125. The first-order valence-corrected chi connectivity index (χ1v) is 4.14. The number of carbonyl (C=O) groups excluding carboxylic acids is 1. The van der Waals surface area contributed by atoms with Crippen molar-refractivity contribution in [1.82, 2.24) is 0 Å². The normalized spacial score (nSPS) is 14.7. The van der Waals surface area contributed by atoms with Gasteiger partial charge in [-0.25, -0.2) is 5.01 Å². The molecule has 0 aliphatic carbocycles. The third-order valence-corrected chi connectivity index (χ3v) is 1.91. The molecule has 0 unspecified atom stereocenters. The molecule has 0 atom stereocenters. The zero-order valence-corrected chi connectivity index (χ0v) is 7.53. The minimum Gasteiger partial charge on any atom is -0.269 e. The van der Waals surface area contributed by atoms with Crippen LogP contribution in [0.3, 0.4) is 0 Å². The molecule has 0 aromatic heterocycles. The van der Waals surface area contributed by atoms with Crippen molar-refractivity contribution in [3.63, 3.8) is 0 Å². The number of nitro benzene ring substituents is 1. The third kappa shape index (κ3) is 1.66. The number of hydrogen-bond acceptors (Lipinski definition) is 5. The van der Waals surface area contributed by atoms with Crippen LogP contribution in [0.2, 0.25) is 0 Å². The van der Waals surface area contributed by atoms with Crippen molar-refractivity contribution in [2.24, 2.45) is 10.3 Å². The molecule has 2 rings (SSSR count). The summed E-state index contributed by atoms with van der Waals surface area (Å²) in [7, 11) is 0. The van der Waals surface area contributed by atoms with Crippen LogP contribution in [0.15, 0.2) is 34.6 Å². The molecule has 0 spiro atoms. The van der Waals surface area contributed by atoms with Crippen molar-refractivity contribution in [3.8, 4) is 0 Å². The minimum absolute atomic E-state index is 0.0507. The zero-order chi connectivity index (χ0) is 10.8. The molecule has 0 fully saturated rings. The summed E-state index contributed by atoms with van der Waals surface area (Å²) in [6, 6.07) is 6.07. The summed E-state index contributed by atoms with van der Waals surface area (Å²) in [5.74, 6) is -0.409. The maximum atomic E-state index is 10.8. The number of benzene rings is 1. The van der Waals surface area contributed by atoms with Crippen LogP contribution >= 0.6 is 0 Å². The molecule has 0 N–H and O–H groups in total. The highest BCUT2D eigenvalue weighted by Crippen LogP contribution is 2.29. The van der Waals surface area contributed by atoms with Gasteiger partial charge in [-0.3, -0.25) is 14.9 Å². The van der Waals surface area contributed by atoms with Gasteiger partial charge in [0.05, 0.1) is 4.92 Å². The predicted molar refractivity (Wildman–Crippen MR) is 50.3 cm³/mol. The van der Waals surface area contributed by atoms with Gasteiger partial charge in [-0.05, 0) is 6.07 Å². The smallest absolute Gasteiger partial charge is 0.269 e. The highest BCUT2D eigenvalue weighted by atomic mass is 16.6. The Hall–Kier alpha value is -2.31. The first-order valence-electron chi connectivity index (χ1n) is 4.14. The van der Waals surface area contributed by atoms with E-state index in [0.29, 0.717) is 0 Å². The van der Waals surface area contributed by atoms with E-state index in [1.807, 2.05) is 0 Å². The van der Waals surface area contributed by atoms with Gasteiger partial charge in [-0.1, -0.05) is 22.5 Å². The molecule has 1 heterocycles. The van der Waals surface area contributed by atoms with Crippen molar-refractivity contribution >= 4 is 17.3 Å². The van der Waals surface area contributed by atoms with E-state index in [0.717, 1.165) is 0 Å². The summed E-state index contributed by atoms with van der Waals surface area (Å²) in [5, 5.41) is 18.7. The molecule has 7 heteroatoms. The van der Waals surface area contributed by atoms with Crippen molar-refractivity contribution in [1.29, 1.82) is 0 Å². The lowest BCUT2D eigenvalue weighted by Gasteiger charge is -2.09. The van der Waals surface area contributed by atoms with Crippen molar-refractivity contribution in [2.75, 3.05) is 11.6 Å². The monoisotopic (exact) mass is 206 g/mol. The number of hydrogen-bond donors (Lipinski definition) is 0. The summed E-state index contributed by atoms with van der Waals surface area (Å²) in [6.45, 7) is -0.0507. The van der Waals surface area contributed by atoms with E-state index in [-0.39, 0.29) is 17.9 Å². The minimum atomic E-state index is -0.520. The number of amides is 1. The van der Waals surface area contributed by atoms with Crippen LogP contribution in [-0.4, -0.2) is 17.4 Å². The molecule has 7 nitrogen and oxygen atoms in total. The van der Waals surface area contributed by atoms with Gasteiger partial charge >= 0.3 is 0 Å². The summed E-state index contributed by atoms with van der Waals surface area (Å²) in [6.07, 6.45) is 0. The Balaban J connectivity index is 2.40. The zero-order valence-electron chi connectivity index (χ0n) is 7.53. The Labute approximate surface area is 84.1 Å². The predicted octanol–water partition coefficient (Wildman–Crippen LogP) is 1.31. The van der Waals surface area contributed by atoms with Gasteiger partial charge in [0, 0.05) is 6.07 Å². The average molecular weight is 206 g/mol. The average Bonchev–Trinajstić information content (AvgIpc) is 2.65. The van der Waals surface area contributed by atoms with Gasteiger partial charge < -0.3 is 0 Å². The SMILES string of the molecule is O=C1CN(c2ccccc2[N+](=O)[O-])N=N1. The van der Waals surface area contributed by atoms with Crippen molar-refractivity contribution in [3.05, 3.63) is 34.4 Å². The molecule has 15 heavy (non-hydrogen) atoms. The second-order valence-electron chi connectivity index (χ2n) is 2.89. The number of para-hydroxylation sites is 2. The maximum absolute atomic E-state index is 10.8. The number of nitrogens with zero attached hydrogens (tertiary/aromatic N) is 4. The van der Waals surface area contributed by atoms with Crippen LogP contribution in [0, 0.1) is 10.1 Å². The Kier molecular flexibility index (Phi) is 2.13. The van der Waals surface area contributed by atoms with Gasteiger partial charge in [0.25, 0.3) is 11.6 Å². The third-order valence-electron chi connectivity index (χ3n) is 1.91. The second-order valence-corrected chi connectivity index (χ2v) is 2.89. The van der Waals surface area contributed by atoms with E-state index < -0.39 is 10.8 Å². The summed E-state index contributed by atoms with van der Waals surface area (Å²) >= 11 is 0. The van der Waals surface area contributed by atoms with Crippen molar-refractivity contribution in [2.45, 2.75) is 0 Å². The highest BCUT2D eigenvalue weighted by molar-refractivity contribution is 5.84. The molecule has 0 radical (unpaired) electrons. The fourth-order valence-corrected chi connectivity index (χ4v) is 1.27. The molecule has 1 aromatic carbocycles. The van der Waals surface area contributed by atoms with Crippen LogP contribution in [0.5, 0.6) is 0 Å². The number of carbonyl (C=O) groups is 1. The van der Waals surface area contributed by atoms with Gasteiger partial charge in [0.2, 0.25) is 0 Å². The van der Waals surface area contributed by atoms with Crippen LogP contribution in [0.25, 0.3) is 0 Å². The first-order chi connectivity index (χ1) is 7.18. The highest BCUT2D eigenvalue weighted by Gasteiger charge is 2.24. The van der Waals surface area contributed by atoms with Crippen LogP contribution < -0.4 is 5.01 Å². The lowest BCUT2D eigenvalue weighted by Crippen LogP contribution is -2.17. The topological polar surface area (TPSA) is 88.2 Å². The van der Waals surface area contributed by atoms with Gasteiger partial charge in [0.1, 0.15) is 12.2 Å². The Morgan fingerprint density at radius 1 is 1.40 bits per heavy atom. The molecule has 1 amide bonds. The van der Waals surface area contributed by atoms with Gasteiger partial charge in [-0.15, -0.1) is 0 Å². The first kappa shape index (κ1) is 9.25. The van der Waals surface area contributed by atoms with E-state index in [4.69, 9.17) is 0 Å². The fourth-order valence-electron chi connectivity index (χ4n) is 1.27. The van der Waals surface area contributed by atoms with E-state index in [9.17, 15) is 14.9 Å². The molecular weight excluding hydrogens is 200 g/mol. The largest absolute Gasteiger partial charge is 0.294 e. The Bertz CT molecular complexity index is 457. The van der Waals surface area contributed by atoms with Crippen LogP contribution in [-0.2, 0) is 4.79 Å². The van der Waals surface area contributed by atoms with Gasteiger partial charge in [0.15, 0.2) is 0 Å². The van der Waals surface area contributed by atoms with E-state index in [2.05, 4.69) is 10.3 Å². The molecule has 1 aromatic rings. The second kappa shape index (κ2) is 3.45. The molecule has 0 saturated carbocycles. The molecular formula is C8H6N4O3. The number of nitro groups is 1. The lowest BCUT2D eigenvalue weighted by molar-refractivity contribution is -0.384. The maximum Gasteiger partial charge on any atom is 0.294 e. The molecule has 1 aliphatic rings. The van der Waals surface area contributed by atoms with E-state index >= 15 is 0 Å². The molecule has 1 aliphatic heterocycles. The Morgan fingerprint density at radius 2 is 2.13 bits per heavy atom. The molecule has 76 valence electrons. The summed E-state index contributed by atoms with van der Waals surface area (Å²) in [5.41, 5.74) is 0.184. The number of rotatable bonds is 2. The quantitative estimate of drug-likeness (QED) is 0.539. The van der Waals surface area contributed by atoms with Crippen LogP contribution in [0.1, 0.15) is 0 Å². The standard InChI is InChI=1S/C8H6N4O3/c13-8-5-11(10-9-8)6-3-1-2-4-7(6)12(14)15/h1-4H,5H2. The summed E-state index contributed by atoms with van der Waals surface area (Å²) < 4.78 is 0. The molecule has 0 saturated heterocycles. The van der Waals surface area contributed by atoms with E-state index in [1.54, 1.807) is 12.1 Å². The molecule has 0 bridgehead atoms. The lowest BCUT2D eigenvalue weighted by atomic mass is 10.2.